The number of pyridine rings is 1. The van der Waals surface area contributed by atoms with E-state index in [0.29, 0.717) is 17.5 Å². The Morgan fingerprint density at radius 3 is 2.10 bits per heavy atom. The summed E-state index contributed by atoms with van der Waals surface area (Å²) in [5.41, 5.74) is 13.3. The highest BCUT2D eigenvalue weighted by Gasteiger charge is 2.39. The molecule has 196 valence electrons. The molecule has 0 aliphatic heterocycles. The molecule has 4 aromatic carbocycles. The highest BCUT2D eigenvalue weighted by molar-refractivity contribution is 5.91. The first-order valence-corrected chi connectivity index (χ1v) is 14.2. The van der Waals surface area contributed by atoms with E-state index in [1.165, 1.54) is 44.5 Å². The van der Waals surface area contributed by atoms with Crippen molar-refractivity contribution in [3.05, 3.63) is 132 Å². The maximum absolute atomic E-state index is 5.06. The van der Waals surface area contributed by atoms with Crippen molar-refractivity contribution >= 4 is 0 Å². The van der Waals surface area contributed by atoms with Crippen LogP contribution in [0.5, 0.6) is 0 Å². The van der Waals surface area contributed by atoms with Gasteiger partial charge in [-0.3, -0.25) is 4.98 Å². The van der Waals surface area contributed by atoms with E-state index in [-0.39, 0.29) is 5.41 Å². The molecule has 0 fully saturated rings. The SMILES string of the molecule is CC1(C)c2cc3c(cc2-c2cccc(-c4nc(-c5ccccc5)nc(-c5ccccn5)n4)c21)-c1ccccc1CC3. The van der Waals surface area contributed by atoms with Gasteiger partial charge in [0.2, 0.25) is 0 Å². The summed E-state index contributed by atoms with van der Waals surface area (Å²) < 4.78 is 0. The fourth-order valence-electron chi connectivity index (χ4n) is 6.71. The summed E-state index contributed by atoms with van der Waals surface area (Å²) in [6.07, 6.45) is 3.94. The summed E-state index contributed by atoms with van der Waals surface area (Å²) >= 11 is 0. The smallest absolute Gasteiger partial charge is 0.182 e. The number of fused-ring (bicyclic) bond motifs is 6. The molecule has 0 spiro atoms. The predicted octanol–water partition coefficient (Wildman–Crippen LogP) is 8.34. The Kier molecular flexibility index (Phi) is 5.26. The Morgan fingerprint density at radius 1 is 0.537 bits per heavy atom. The molecule has 4 nitrogen and oxygen atoms in total. The predicted molar refractivity (Wildman–Crippen MR) is 164 cm³/mol. The second-order valence-corrected chi connectivity index (χ2v) is 11.5. The molecular weight excluding hydrogens is 500 g/mol. The second-order valence-electron chi connectivity index (χ2n) is 11.5. The van der Waals surface area contributed by atoms with Crippen LogP contribution in [0.2, 0.25) is 0 Å². The van der Waals surface area contributed by atoms with Gasteiger partial charge in [-0.2, -0.15) is 0 Å². The van der Waals surface area contributed by atoms with Crippen molar-refractivity contribution in [3.63, 3.8) is 0 Å². The molecule has 4 heteroatoms. The number of nitrogens with zero attached hydrogens (tertiary/aromatic N) is 4. The highest BCUT2D eigenvalue weighted by Crippen LogP contribution is 2.54. The second kappa shape index (κ2) is 9.03. The zero-order valence-corrected chi connectivity index (χ0v) is 23.1. The standard InChI is InChI=1S/C37H28N4/c1-37(2)31-21-25-19-18-23-11-6-7-14-26(23)29(25)22-30(31)27-15-10-16-28(33(27)37)35-39-34(24-12-4-3-5-13-24)40-36(41-35)32-17-8-9-20-38-32/h3-17,20-22H,18-19H2,1-2H3. The molecule has 0 amide bonds. The summed E-state index contributed by atoms with van der Waals surface area (Å²) in [4.78, 5) is 19.5. The summed E-state index contributed by atoms with van der Waals surface area (Å²) in [5.74, 6) is 1.90. The molecule has 2 heterocycles. The zero-order valence-electron chi connectivity index (χ0n) is 23.1. The molecule has 2 aromatic heterocycles. The lowest BCUT2D eigenvalue weighted by Gasteiger charge is -2.26. The normalized spacial score (nSPS) is 14.1. The first-order valence-electron chi connectivity index (χ1n) is 14.2. The van der Waals surface area contributed by atoms with Gasteiger partial charge < -0.3 is 0 Å². The van der Waals surface area contributed by atoms with Crippen LogP contribution in [0.3, 0.4) is 0 Å². The van der Waals surface area contributed by atoms with Gasteiger partial charge in [-0.15, -0.1) is 0 Å². The van der Waals surface area contributed by atoms with Gasteiger partial charge in [-0.1, -0.05) is 98.8 Å². The van der Waals surface area contributed by atoms with Crippen molar-refractivity contribution in [3.8, 4) is 56.5 Å². The molecule has 6 aromatic rings. The average Bonchev–Trinajstić information content (AvgIpc) is 3.26. The van der Waals surface area contributed by atoms with E-state index in [2.05, 4.69) is 73.4 Å². The summed E-state index contributed by atoms with van der Waals surface area (Å²) in [5, 5.41) is 0. The van der Waals surface area contributed by atoms with Crippen molar-refractivity contribution in [1.82, 2.24) is 19.9 Å². The van der Waals surface area contributed by atoms with Gasteiger partial charge in [0.15, 0.2) is 17.5 Å². The maximum atomic E-state index is 5.06. The van der Waals surface area contributed by atoms with E-state index in [1.807, 2.05) is 48.5 Å². The summed E-state index contributed by atoms with van der Waals surface area (Å²) in [6.45, 7) is 4.67. The lowest BCUT2D eigenvalue weighted by molar-refractivity contribution is 0.659. The van der Waals surface area contributed by atoms with E-state index >= 15 is 0 Å². The average molecular weight is 529 g/mol. The molecule has 0 unspecified atom stereocenters. The van der Waals surface area contributed by atoms with Gasteiger partial charge in [0.25, 0.3) is 0 Å². The summed E-state index contributed by atoms with van der Waals surface area (Å²) in [7, 11) is 0. The Labute approximate surface area is 239 Å². The van der Waals surface area contributed by atoms with Crippen LogP contribution in [0.1, 0.15) is 36.1 Å². The van der Waals surface area contributed by atoms with E-state index in [1.54, 1.807) is 6.20 Å². The van der Waals surface area contributed by atoms with E-state index in [9.17, 15) is 0 Å². The molecular formula is C37H28N4. The molecule has 2 aliphatic rings. The van der Waals surface area contributed by atoms with Crippen molar-refractivity contribution in [2.45, 2.75) is 32.1 Å². The Bertz CT molecular complexity index is 1900. The van der Waals surface area contributed by atoms with Gasteiger partial charge in [0.05, 0.1) is 0 Å². The zero-order chi connectivity index (χ0) is 27.6. The van der Waals surface area contributed by atoms with Gasteiger partial charge in [-0.05, 0) is 75.5 Å². The van der Waals surface area contributed by atoms with Crippen LogP contribution >= 0.6 is 0 Å². The maximum Gasteiger partial charge on any atom is 0.182 e. The summed E-state index contributed by atoms with van der Waals surface area (Å²) in [6, 6.07) is 36.2. The van der Waals surface area contributed by atoms with Crippen LogP contribution in [0.4, 0.5) is 0 Å². The molecule has 0 N–H and O–H groups in total. The third kappa shape index (κ3) is 3.75. The number of benzene rings is 4. The third-order valence-electron chi connectivity index (χ3n) is 8.67. The first kappa shape index (κ1) is 23.9. The number of aryl methyl sites for hydroxylation is 2. The van der Waals surface area contributed by atoms with Crippen LogP contribution in [0.15, 0.2) is 109 Å². The minimum absolute atomic E-state index is 0.210. The molecule has 0 atom stereocenters. The molecule has 0 radical (unpaired) electrons. The van der Waals surface area contributed by atoms with E-state index < -0.39 is 0 Å². The lowest BCUT2D eigenvalue weighted by Crippen LogP contribution is -2.18. The largest absolute Gasteiger partial charge is 0.253 e. The number of aromatic nitrogens is 4. The van der Waals surface area contributed by atoms with Gasteiger partial charge in [0.1, 0.15) is 5.69 Å². The molecule has 41 heavy (non-hydrogen) atoms. The van der Waals surface area contributed by atoms with Crippen LogP contribution in [-0.4, -0.2) is 19.9 Å². The monoisotopic (exact) mass is 528 g/mol. The quantitative estimate of drug-likeness (QED) is 0.232. The topological polar surface area (TPSA) is 51.6 Å². The first-order chi connectivity index (χ1) is 20.1. The van der Waals surface area contributed by atoms with E-state index in [4.69, 9.17) is 15.0 Å². The molecule has 2 aliphatic carbocycles. The van der Waals surface area contributed by atoms with Crippen LogP contribution in [-0.2, 0) is 18.3 Å². The van der Waals surface area contributed by atoms with Crippen LogP contribution in [0, 0.1) is 0 Å². The van der Waals surface area contributed by atoms with Crippen molar-refractivity contribution in [1.29, 1.82) is 0 Å². The van der Waals surface area contributed by atoms with Crippen molar-refractivity contribution in [2.75, 3.05) is 0 Å². The molecule has 0 saturated heterocycles. The number of rotatable bonds is 3. The fourth-order valence-corrected chi connectivity index (χ4v) is 6.71. The Balaban J connectivity index is 1.35. The number of hydrogen-bond donors (Lipinski definition) is 0. The lowest BCUT2D eigenvalue weighted by atomic mass is 9.77. The van der Waals surface area contributed by atoms with Gasteiger partial charge >= 0.3 is 0 Å². The van der Waals surface area contributed by atoms with Crippen molar-refractivity contribution < 1.29 is 0 Å². The minimum atomic E-state index is -0.210. The minimum Gasteiger partial charge on any atom is -0.253 e. The molecule has 8 rings (SSSR count). The highest BCUT2D eigenvalue weighted by atomic mass is 15.0. The Hall–Kier alpha value is -4.96. The Morgan fingerprint density at radius 2 is 1.24 bits per heavy atom. The molecule has 0 saturated carbocycles. The van der Waals surface area contributed by atoms with Crippen LogP contribution < -0.4 is 0 Å². The number of hydrogen-bond acceptors (Lipinski definition) is 4. The van der Waals surface area contributed by atoms with E-state index in [0.717, 1.165) is 29.7 Å². The third-order valence-corrected chi connectivity index (χ3v) is 8.67. The van der Waals surface area contributed by atoms with Gasteiger partial charge in [-0.25, -0.2) is 15.0 Å². The molecule has 0 bridgehead atoms. The van der Waals surface area contributed by atoms with Crippen LogP contribution in [0.25, 0.3) is 56.5 Å². The van der Waals surface area contributed by atoms with Gasteiger partial charge in [0, 0.05) is 22.7 Å². The fraction of sp³-hybridized carbons (Fsp3) is 0.135. The van der Waals surface area contributed by atoms with Crippen molar-refractivity contribution in [2.24, 2.45) is 0 Å².